The van der Waals surface area contributed by atoms with Crippen LogP contribution in [0.4, 0.5) is 5.69 Å². The Morgan fingerprint density at radius 2 is 2.14 bits per heavy atom. The molecule has 1 aliphatic heterocycles. The molecule has 8 nitrogen and oxygen atoms in total. The summed E-state index contributed by atoms with van der Waals surface area (Å²) in [6, 6.07) is 3.58. The molecule has 1 atom stereocenters. The highest BCUT2D eigenvalue weighted by Crippen LogP contribution is 2.33. The second-order valence-electron chi connectivity index (χ2n) is 5.18. The van der Waals surface area contributed by atoms with E-state index in [1.54, 1.807) is 0 Å². The van der Waals surface area contributed by atoms with Crippen molar-refractivity contribution in [3.8, 4) is 5.75 Å². The summed E-state index contributed by atoms with van der Waals surface area (Å²) in [5.41, 5.74) is -1.66. The van der Waals surface area contributed by atoms with E-state index in [0.29, 0.717) is 0 Å². The Morgan fingerprint density at radius 3 is 2.62 bits per heavy atom. The van der Waals surface area contributed by atoms with Crippen LogP contribution in [0.1, 0.15) is 13.3 Å². The fourth-order valence-corrected chi connectivity index (χ4v) is 3.93. The number of β-amino-alcohol motifs (C(OH)–C–C–N with tert-alkyl or cyclic N) is 1. The molecule has 1 heterocycles. The summed E-state index contributed by atoms with van der Waals surface area (Å²) < 4.78 is 31.0. The van der Waals surface area contributed by atoms with Crippen molar-refractivity contribution < 1.29 is 23.2 Å². The zero-order chi connectivity index (χ0) is 15.8. The first-order chi connectivity index (χ1) is 9.67. The molecule has 0 saturated carbocycles. The first kappa shape index (κ1) is 15.7. The van der Waals surface area contributed by atoms with Gasteiger partial charge in [-0.3, -0.25) is 10.1 Å². The van der Waals surface area contributed by atoms with E-state index < -0.39 is 31.1 Å². The van der Waals surface area contributed by atoms with Gasteiger partial charge in [-0.15, -0.1) is 0 Å². The maximum atomic E-state index is 12.5. The van der Waals surface area contributed by atoms with Crippen molar-refractivity contribution in [3.63, 3.8) is 0 Å². The molecular weight excluding hydrogens is 300 g/mol. The van der Waals surface area contributed by atoms with Crippen molar-refractivity contribution in [2.24, 2.45) is 0 Å². The van der Waals surface area contributed by atoms with Crippen LogP contribution in [-0.4, -0.2) is 48.6 Å². The van der Waals surface area contributed by atoms with Crippen molar-refractivity contribution >= 4 is 15.7 Å². The van der Waals surface area contributed by atoms with Crippen LogP contribution in [0.2, 0.25) is 0 Å². The van der Waals surface area contributed by atoms with Gasteiger partial charge in [0.2, 0.25) is 10.0 Å². The minimum absolute atomic E-state index is 0.0848. The van der Waals surface area contributed by atoms with Crippen LogP contribution in [-0.2, 0) is 10.0 Å². The average Bonchev–Trinajstić information content (AvgIpc) is 2.79. The zero-order valence-electron chi connectivity index (χ0n) is 11.6. The van der Waals surface area contributed by atoms with Crippen molar-refractivity contribution in [1.29, 1.82) is 0 Å². The van der Waals surface area contributed by atoms with Gasteiger partial charge in [0.1, 0.15) is 5.75 Å². The number of hydrogen-bond acceptors (Lipinski definition) is 6. The van der Waals surface area contributed by atoms with Gasteiger partial charge in [0.15, 0.2) is 4.90 Å². The number of rotatable bonds is 4. The zero-order valence-corrected chi connectivity index (χ0v) is 12.5. The summed E-state index contributed by atoms with van der Waals surface area (Å²) in [5, 5.41) is 21.0. The average molecular weight is 316 g/mol. The second kappa shape index (κ2) is 5.24. The molecule has 0 aliphatic carbocycles. The van der Waals surface area contributed by atoms with E-state index in [2.05, 4.69) is 0 Å². The summed E-state index contributed by atoms with van der Waals surface area (Å²) in [6.45, 7) is 1.57. The monoisotopic (exact) mass is 316 g/mol. The third-order valence-electron chi connectivity index (χ3n) is 3.40. The van der Waals surface area contributed by atoms with E-state index in [0.717, 1.165) is 16.4 Å². The molecule has 0 amide bonds. The lowest BCUT2D eigenvalue weighted by molar-refractivity contribution is -0.387. The Labute approximate surface area is 122 Å². The minimum Gasteiger partial charge on any atom is -0.497 e. The Kier molecular flexibility index (Phi) is 3.91. The van der Waals surface area contributed by atoms with Gasteiger partial charge in [0.25, 0.3) is 5.69 Å². The van der Waals surface area contributed by atoms with E-state index in [1.165, 1.54) is 20.1 Å². The van der Waals surface area contributed by atoms with Crippen molar-refractivity contribution in [2.45, 2.75) is 23.8 Å². The lowest BCUT2D eigenvalue weighted by atomic mass is 10.1. The Hall–Kier alpha value is -1.71. The Balaban J connectivity index is 2.48. The molecule has 0 aromatic heterocycles. The number of nitro groups is 1. The van der Waals surface area contributed by atoms with Gasteiger partial charge in [-0.25, -0.2) is 8.42 Å². The third kappa shape index (κ3) is 2.99. The SMILES string of the molecule is COc1ccc(S(=O)(=O)N2CCC(C)(O)C2)c([N+](=O)[O-])c1. The number of nitro benzene ring substituents is 1. The van der Waals surface area contributed by atoms with Crippen LogP contribution < -0.4 is 4.74 Å². The number of nitrogens with zero attached hydrogens (tertiary/aromatic N) is 2. The summed E-state index contributed by atoms with van der Waals surface area (Å²) in [4.78, 5) is 9.94. The second-order valence-corrected chi connectivity index (χ2v) is 7.08. The van der Waals surface area contributed by atoms with Crippen LogP contribution in [0, 0.1) is 10.1 Å². The smallest absolute Gasteiger partial charge is 0.293 e. The number of methoxy groups -OCH3 is 1. The largest absolute Gasteiger partial charge is 0.497 e. The molecule has 2 rings (SSSR count). The Bertz CT molecular complexity index is 670. The summed E-state index contributed by atoms with van der Waals surface area (Å²) in [5.74, 6) is 0.203. The highest BCUT2D eigenvalue weighted by molar-refractivity contribution is 7.89. The number of ether oxygens (including phenoxy) is 1. The molecule has 9 heteroatoms. The molecule has 0 bridgehead atoms. The first-order valence-corrected chi connectivity index (χ1v) is 7.66. The van der Waals surface area contributed by atoms with Gasteiger partial charge < -0.3 is 9.84 Å². The number of hydrogen-bond donors (Lipinski definition) is 1. The van der Waals surface area contributed by atoms with E-state index in [1.807, 2.05) is 0 Å². The van der Waals surface area contributed by atoms with Gasteiger partial charge in [-0.1, -0.05) is 0 Å². The maximum absolute atomic E-state index is 12.5. The molecular formula is C12H16N2O6S. The topological polar surface area (TPSA) is 110 Å². The van der Waals surface area contributed by atoms with E-state index in [9.17, 15) is 23.6 Å². The summed E-state index contributed by atoms with van der Waals surface area (Å²) >= 11 is 0. The lowest BCUT2D eigenvalue weighted by Crippen LogP contribution is -2.34. The van der Waals surface area contributed by atoms with Gasteiger partial charge in [-0.2, -0.15) is 4.31 Å². The summed E-state index contributed by atoms with van der Waals surface area (Å²) in [7, 11) is -2.70. The van der Waals surface area contributed by atoms with Crippen molar-refractivity contribution in [3.05, 3.63) is 28.3 Å². The van der Waals surface area contributed by atoms with Crippen LogP contribution in [0.3, 0.4) is 0 Å². The fraction of sp³-hybridized carbons (Fsp3) is 0.500. The van der Waals surface area contributed by atoms with Gasteiger partial charge >= 0.3 is 0 Å². The highest BCUT2D eigenvalue weighted by Gasteiger charge is 2.41. The van der Waals surface area contributed by atoms with Crippen molar-refractivity contribution in [1.82, 2.24) is 4.31 Å². The first-order valence-electron chi connectivity index (χ1n) is 6.22. The quantitative estimate of drug-likeness (QED) is 0.648. The molecule has 1 N–H and O–H groups in total. The number of benzene rings is 1. The normalized spacial score (nSPS) is 23.2. The third-order valence-corrected chi connectivity index (χ3v) is 5.29. The number of aliphatic hydroxyl groups is 1. The van der Waals surface area contributed by atoms with E-state index >= 15 is 0 Å². The molecule has 1 aromatic carbocycles. The van der Waals surface area contributed by atoms with E-state index in [4.69, 9.17) is 4.74 Å². The van der Waals surface area contributed by atoms with Crippen LogP contribution >= 0.6 is 0 Å². The van der Waals surface area contributed by atoms with Crippen LogP contribution in [0.25, 0.3) is 0 Å². The molecule has 0 spiro atoms. The minimum atomic E-state index is -4.03. The van der Waals surface area contributed by atoms with E-state index in [-0.39, 0.29) is 25.3 Å². The molecule has 1 unspecified atom stereocenters. The molecule has 1 fully saturated rings. The summed E-state index contributed by atoms with van der Waals surface area (Å²) in [6.07, 6.45) is 0.288. The molecule has 1 aromatic rings. The highest BCUT2D eigenvalue weighted by atomic mass is 32.2. The predicted molar refractivity (Wildman–Crippen MR) is 73.6 cm³/mol. The molecule has 1 saturated heterocycles. The standard InChI is InChI=1S/C12H16N2O6S/c1-12(15)5-6-13(8-12)21(18,19)11-4-3-9(20-2)7-10(11)14(16)17/h3-4,7,15H,5-6,8H2,1-2H3. The van der Waals surface area contributed by atoms with Gasteiger partial charge in [0.05, 0.1) is 23.7 Å². The van der Waals surface area contributed by atoms with Gasteiger partial charge in [-0.05, 0) is 25.5 Å². The molecule has 1 aliphatic rings. The molecule has 0 radical (unpaired) electrons. The fourth-order valence-electron chi connectivity index (χ4n) is 2.23. The molecule has 116 valence electrons. The van der Waals surface area contributed by atoms with Crippen LogP contribution in [0.5, 0.6) is 5.75 Å². The van der Waals surface area contributed by atoms with Crippen molar-refractivity contribution in [2.75, 3.05) is 20.2 Å². The predicted octanol–water partition coefficient (Wildman–Crippen LogP) is 0.749. The molecule has 21 heavy (non-hydrogen) atoms. The Morgan fingerprint density at radius 1 is 1.48 bits per heavy atom. The lowest BCUT2D eigenvalue weighted by Gasteiger charge is -2.19. The van der Waals surface area contributed by atoms with Gasteiger partial charge in [0, 0.05) is 13.1 Å². The van der Waals surface area contributed by atoms with Crippen LogP contribution in [0.15, 0.2) is 23.1 Å². The number of sulfonamides is 1. The maximum Gasteiger partial charge on any atom is 0.293 e.